The Morgan fingerprint density at radius 1 is 1.26 bits per heavy atom. The van der Waals surface area contributed by atoms with Crippen molar-refractivity contribution >= 4 is 0 Å². The zero-order chi connectivity index (χ0) is 13.9. The number of nitrogens with one attached hydrogen (secondary N) is 1. The number of hydrogen-bond acceptors (Lipinski definition) is 3. The highest BCUT2D eigenvalue weighted by molar-refractivity contribution is 5.43. The van der Waals surface area contributed by atoms with E-state index in [9.17, 15) is 0 Å². The van der Waals surface area contributed by atoms with Crippen molar-refractivity contribution < 1.29 is 9.47 Å². The average Bonchev–Trinajstić information content (AvgIpc) is 2.47. The maximum atomic E-state index is 5.58. The standard InChI is InChI=1S/C16H25NO2/c1-12(2)13-5-6-15(18-4)14(11-13)16(17-3)7-9-19-10-8-16/h5-6,11-12,17H,7-10H2,1-4H3. The molecule has 106 valence electrons. The summed E-state index contributed by atoms with van der Waals surface area (Å²) in [5.41, 5.74) is 2.61. The molecule has 0 unspecified atom stereocenters. The Morgan fingerprint density at radius 3 is 2.47 bits per heavy atom. The molecule has 1 aromatic rings. The molecular weight excluding hydrogens is 238 g/mol. The maximum absolute atomic E-state index is 5.58. The van der Waals surface area contributed by atoms with Gasteiger partial charge in [-0.25, -0.2) is 0 Å². The molecule has 1 N–H and O–H groups in total. The Hall–Kier alpha value is -1.06. The number of hydrogen-bond donors (Lipinski definition) is 1. The van der Waals surface area contributed by atoms with E-state index in [2.05, 4.69) is 37.4 Å². The van der Waals surface area contributed by atoms with Gasteiger partial charge in [0.2, 0.25) is 0 Å². The molecule has 0 atom stereocenters. The van der Waals surface area contributed by atoms with Gasteiger partial charge in [-0.05, 0) is 43.5 Å². The highest BCUT2D eigenvalue weighted by Gasteiger charge is 2.35. The summed E-state index contributed by atoms with van der Waals surface area (Å²) in [5, 5.41) is 3.51. The molecule has 0 radical (unpaired) electrons. The predicted octanol–water partition coefficient (Wildman–Crippen LogP) is 3.04. The Labute approximate surface area is 116 Å². The molecule has 3 nitrogen and oxygen atoms in total. The zero-order valence-electron chi connectivity index (χ0n) is 12.5. The van der Waals surface area contributed by atoms with Crippen molar-refractivity contribution in [1.29, 1.82) is 0 Å². The molecule has 0 amide bonds. The van der Waals surface area contributed by atoms with Crippen LogP contribution in [0.15, 0.2) is 18.2 Å². The minimum Gasteiger partial charge on any atom is -0.496 e. The first-order chi connectivity index (χ1) is 9.13. The summed E-state index contributed by atoms with van der Waals surface area (Å²) < 4.78 is 11.1. The van der Waals surface area contributed by atoms with E-state index in [-0.39, 0.29) is 5.54 Å². The van der Waals surface area contributed by atoms with Crippen molar-refractivity contribution in [2.45, 2.75) is 38.1 Å². The molecular formula is C16H25NO2. The molecule has 1 heterocycles. The molecule has 19 heavy (non-hydrogen) atoms. The van der Waals surface area contributed by atoms with Crippen LogP contribution < -0.4 is 10.1 Å². The first kappa shape index (κ1) is 14.4. The Morgan fingerprint density at radius 2 is 1.95 bits per heavy atom. The van der Waals surface area contributed by atoms with Gasteiger partial charge in [0.25, 0.3) is 0 Å². The molecule has 0 aromatic heterocycles. The van der Waals surface area contributed by atoms with Crippen molar-refractivity contribution in [2.24, 2.45) is 0 Å². The fraction of sp³-hybridized carbons (Fsp3) is 0.625. The molecule has 1 aliphatic heterocycles. The van der Waals surface area contributed by atoms with Crippen molar-refractivity contribution in [3.05, 3.63) is 29.3 Å². The molecule has 0 spiro atoms. The third-order valence-corrected chi connectivity index (χ3v) is 4.23. The van der Waals surface area contributed by atoms with Gasteiger partial charge in [0.15, 0.2) is 0 Å². The molecule has 0 aliphatic carbocycles. The minimum absolute atomic E-state index is 0.0194. The second-order valence-electron chi connectivity index (χ2n) is 5.56. The van der Waals surface area contributed by atoms with Crippen LogP contribution in [0.1, 0.15) is 43.7 Å². The van der Waals surface area contributed by atoms with E-state index in [0.717, 1.165) is 31.8 Å². The van der Waals surface area contributed by atoms with Crippen LogP contribution in [0.2, 0.25) is 0 Å². The van der Waals surface area contributed by atoms with Crippen LogP contribution in [0.25, 0.3) is 0 Å². The molecule has 1 aliphatic rings. The topological polar surface area (TPSA) is 30.5 Å². The largest absolute Gasteiger partial charge is 0.496 e. The highest BCUT2D eigenvalue weighted by Crippen LogP contribution is 2.38. The number of methoxy groups -OCH3 is 1. The average molecular weight is 263 g/mol. The number of rotatable bonds is 4. The molecule has 0 bridgehead atoms. The van der Waals surface area contributed by atoms with Gasteiger partial charge in [-0.3, -0.25) is 0 Å². The van der Waals surface area contributed by atoms with Crippen LogP contribution in [0.4, 0.5) is 0 Å². The van der Waals surface area contributed by atoms with Gasteiger partial charge in [-0.1, -0.05) is 19.9 Å². The summed E-state index contributed by atoms with van der Waals surface area (Å²) in [4.78, 5) is 0. The Balaban J connectivity index is 2.47. The van der Waals surface area contributed by atoms with Crippen LogP contribution in [0, 0.1) is 0 Å². The van der Waals surface area contributed by atoms with Gasteiger partial charge in [0, 0.05) is 18.8 Å². The van der Waals surface area contributed by atoms with Gasteiger partial charge >= 0.3 is 0 Å². The lowest BCUT2D eigenvalue weighted by Gasteiger charge is -2.38. The van der Waals surface area contributed by atoms with E-state index in [1.54, 1.807) is 7.11 Å². The van der Waals surface area contributed by atoms with E-state index in [4.69, 9.17) is 9.47 Å². The smallest absolute Gasteiger partial charge is 0.123 e. The quantitative estimate of drug-likeness (QED) is 0.905. The third kappa shape index (κ3) is 2.77. The van der Waals surface area contributed by atoms with E-state index < -0.39 is 0 Å². The predicted molar refractivity (Wildman–Crippen MR) is 77.9 cm³/mol. The van der Waals surface area contributed by atoms with Gasteiger partial charge in [-0.2, -0.15) is 0 Å². The van der Waals surface area contributed by atoms with Crippen LogP contribution in [-0.4, -0.2) is 27.4 Å². The van der Waals surface area contributed by atoms with Crippen molar-refractivity contribution in [2.75, 3.05) is 27.4 Å². The molecule has 0 saturated carbocycles. The van der Waals surface area contributed by atoms with Crippen molar-refractivity contribution in [3.63, 3.8) is 0 Å². The first-order valence-electron chi connectivity index (χ1n) is 7.08. The minimum atomic E-state index is -0.0194. The summed E-state index contributed by atoms with van der Waals surface area (Å²) >= 11 is 0. The monoisotopic (exact) mass is 263 g/mol. The van der Waals surface area contributed by atoms with Crippen LogP contribution in [0.5, 0.6) is 5.75 Å². The third-order valence-electron chi connectivity index (χ3n) is 4.23. The molecule has 2 rings (SSSR count). The number of ether oxygens (including phenoxy) is 2. The number of benzene rings is 1. The van der Waals surface area contributed by atoms with E-state index in [0.29, 0.717) is 5.92 Å². The Bertz CT molecular complexity index is 423. The summed E-state index contributed by atoms with van der Waals surface area (Å²) in [6, 6.07) is 6.56. The zero-order valence-corrected chi connectivity index (χ0v) is 12.5. The second-order valence-corrected chi connectivity index (χ2v) is 5.56. The van der Waals surface area contributed by atoms with E-state index >= 15 is 0 Å². The molecule has 3 heteroatoms. The summed E-state index contributed by atoms with van der Waals surface area (Å²) in [7, 11) is 3.78. The lowest BCUT2D eigenvalue weighted by atomic mass is 9.81. The van der Waals surface area contributed by atoms with Gasteiger partial charge in [-0.15, -0.1) is 0 Å². The van der Waals surface area contributed by atoms with Gasteiger partial charge < -0.3 is 14.8 Å². The van der Waals surface area contributed by atoms with Crippen LogP contribution >= 0.6 is 0 Å². The fourth-order valence-electron chi connectivity index (χ4n) is 2.83. The lowest BCUT2D eigenvalue weighted by molar-refractivity contribution is 0.0389. The summed E-state index contributed by atoms with van der Waals surface area (Å²) in [6.45, 7) is 6.05. The van der Waals surface area contributed by atoms with Gasteiger partial charge in [0.05, 0.1) is 12.6 Å². The summed E-state index contributed by atoms with van der Waals surface area (Å²) in [6.07, 6.45) is 1.98. The van der Waals surface area contributed by atoms with Gasteiger partial charge in [0.1, 0.15) is 5.75 Å². The van der Waals surface area contributed by atoms with E-state index in [1.165, 1.54) is 11.1 Å². The lowest BCUT2D eigenvalue weighted by Crippen LogP contribution is -2.45. The van der Waals surface area contributed by atoms with Crippen LogP contribution in [-0.2, 0) is 10.3 Å². The van der Waals surface area contributed by atoms with Crippen molar-refractivity contribution in [3.8, 4) is 5.75 Å². The fourth-order valence-corrected chi connectivity index (χ4v) is 2.83. The van der Waals surface area contributed by atoms with E-state index in [1.807, 2.05) is 7.05 Å². The molecule has 1 aromatic carbocycles. The van der Waals surface area contributed by atoms with Crippen LogP contribution in [0.3, 0.4) is 0 Å². The maximum Gasteiger partial charge on any atom is 0.123 e. The normalized spacial score (nSPS) is 18.6. The molecule has 1 fully saturated rings. The highest BCUT2D eigenvalue weighted by atomic mass is 16.5. The van der Waals surface area contributed by atoms with Crippen molar-refractivity contribution in [1.82, 2.24) is 5.32 Å². The Kier molecular flexibility index (Phi) is 4.48. The SMILES string of the molecule is CNC1(c2cc(C(C)C)ccc2OC)CCOCC1. The second kappa shape index (κ2) is 5.93. The molecule has 1 saturated heterocycles. The first-order valence-corrected chi connectivity index (χ1v) is 7.08. The summed E-state index contributed by atoms with van der Waals surface area (Å²) in [5.74, 6) is 1.50.